The van der Waals surface area contributed by atoms with E-state index in [1.165, 1.54) is 0 Å². The molecule has 1 aromatic heterocycles. The van der Waals surface area contributed by atoms with Gasteiger partial charge in [0.15, 0.2) is 17.3 Å². The number of carbonyl (C=O) groups is 1. The summed E-state index contributed by atoms with van der Waals surface area (Å²) in [4.78, 5) is 11.7. The Morgan fingerprint density at radius 3 is 2.64 bits per heavy atom. The molecule has 7 nitrogen and oxygen atoms in total. The summed E-state index contributed by atoms with van der Waals surface area (Å²) in [5, 5.41) is 9.03. The number of hydrogen-bond acceptors (Lipinski definition) is 5. The van der Waals surface area contributed by atoms with Crippen LogP contribution in [-0.2, 0) is 6.42 Å². The number of hydrogen-bond donors (Lipinski definition) is 2. The number of aromatic nitrogens is 1. The number of amides is 2. The van der Waals surface area contributed by atoms with Crippen molar-refractivity contribution in [1.29, 1.82) is 0 Å². The van der Waals surface area contributed by atoms with Crippen molar-refractivity contribution in [3.63, 3.8) is 0 Å². The molecule has 0 aliphatic carbocycles. The van der Waals surface area contributed by atoms with Crippen LogP contribution in [0.3, 0.4) is 0 Å². The first-order valence-corrected chi connectivity index (χ1v) is 6.81. The van der Waals surface area contributed by atoms with E-state index in [-0.39, 0.29) is 6.03 Å². The van der Waals surface area contributed by atoms with Gasteiger partial charge in [-0.2, -0.15) is 0 Å². The van der Waals surface area contributed by atoms with Crippen LogP contribution in [0.4, 0.5) is 10.6 Å². The van der Waals surface area contributed by atoms with E-state index >= 15 is 0 Å². The lowest BCUT2D eigenvalue weighted by Crippen LogP contribution is -2.30. The molecular weight excluding hydrogens is 286 g/mol. The smallest absolute Gasteiger partial charge is 0.320 e. The molecule has 0 aliphatic rings. The molecule has 2 N–H and O–H groups in total. The van der Waals surface area contributed by atoms with Crippen LogP contribution in [0.15, 0.2) is 28.8 Å². The summed E-state index contributed by atoms with van der Waals surface area (Å²) in [6.07, 6.45) is 0.672. The predicted octanol–water partition coefficient (Wildman–Crippen LogP) is 2.36. The molecule has 0 spiro atoms. The second-order valence-corrected chi connectivity index (χ2v) is 4.64. The molecule has 7 heteroatoms. The van der Waals surface area contributed by atoms with Gasteiger partial charge in [-0.1, -0.05) is 11.2 Å². The molecule has 1 aromatic carbocycles. The second-order valence-electron chi connectivity index (χ2n) is 4.64. The average molecular weight is 305 g/mol. The molecule has 2 amide bonds. The van der Waals surface area contributed by atoms with Gasteiger partial charge in [-0.25, -0.2) is 4.79 Å². The second kappa shape index (κ2) is 7.35. The number of aryl methyl sites for hydroxylation is 1. The van der Waals surface area contributed by atoms with Crippen LogP contribution in [0, 0.1) is 6.92 Å². The number of carbonyl (C=O) groups excluding carboxylic acids is 1. The van der Waals surface area contributed by atoms with Gasteiger partial charge in [0, 0.05) is 12.6 Å². The minimum Gasteiger partial charge on any atom is -0.493 e. The van der Waals surface area contributed by atoms with Crippen molar-refractivity contribution >= 4 is 11.8 Å². The van der Waals surface area contributed by atoms with Crippen molar-refractivity contribution < 1.29 is 18.8 Å². The van der Waals surface area contributed by atoms with Crippen molar-refractivity contribution in [2.24, 2.45) is 0 Å². The highest BCUT2D eigenvalue weighted by Crippen LogP contribution is 2.27. The molecule has 2 aromatic rings. The topological polar surface area (TPSA) is 85.6 Å². The molecule has 0 bridgehead atoms. The third-order valence-corrected chi connectivity index (χ3v) is 3.02. The van der Waals surface area contributed by atoms with Crippen LogP contribution in [0.25, 0.3) is 0 Å². The zero-order chi connectivity index (χ0) is 15.9. The Balaban J connectivity index is 1.82. The molecule has 2 rings (SSSR count). The van der Waals surface area contributed by atoms with Crippen molar-refractivity contribution in [2.45, 2.75) is 13.3 Å². The molecule has 0 radical (unpaired) electrons. The van der Waals surface area contributed by atoms with E-state index in [1.807, 2.05) is 18.2 Å². The van der Waals surface area contributed by atoms with Crippen molar-refractivity contribution in [1.82, 2.24) is 10.5 Å². The van der Waals surface area contributed by atoms with Crippen LogP contribution in [0.2, 0.25) is 0 Å². The van der Waals surface area contributed by atoms with Crippen LogP contribution in [0.5, 0.6) is 11.5 Å². The fourth-order valence-electron chi connectivity index (χ4n) is 1.94. The van der Waals surface area contributed by atoms with Gasteiger partial charge >= 0.3 is 6.03 Å². The van der Waals surface area contributed by atoms with Gasteiger partial charge in [-0.05, 0) is 31.0 Å². The predicted molar refractivity (Wildman–Crippen MR) is 81.5 cm³/mol. The Morgan fingerprint density at radius 1 is 1.23 bits per heavy atom. The Labute approximate surface area is 128 Å². The van der Waals surface area contributed by atoms with Crippen LogP contribution in [0.1, 0.15) is 11.3 Å². The van der Waals surface area contributed by atoms with Crippen LogP contribution in [-0.4, -0.2) is 32.0 Å². The molecular formula is C15H19N3O4. The van der Waals surface area contributed by atoms with Crippen LogP contribution < -0.4 is 20.1 Å². The van der Waals surface area contributed by atoms with Gasteiger partial charge in [0.2, 0.25) is 0 Å². The summed E-state index contributed by atoms with van der Waals surface area (Å²) < 4.78 is 15.3. The minimum absolute atomic E-state index is 0.325. The number of ether oxygens (including phenoxy) is 2. The standard InChI is InChI=1S/C15H19N3O4/c1-10-8-14(18-22-10)17-15(19)16-7-6-11-4-5-12(20-2)13(9-11)21-3/h4-5,8-9H,6-7H2,1-3H3,(H2,16,17,18,19). The highest BCUT2D eigenvalue weighted by molar-refractivity contribution is 5.88. The number of nitrogens with zero attached hydrogens (tertiary/aromatic N) is 1. The normalized spacial score (nSPS) is 10.1. The summed E-state index contributed by atoms with van der Waals surface area (Å²) in [5.74, 6) is 2.38. The van der Waals surface area contributed by atoms with Gasteiger partial charge in [-0.3, -0.25) is 5.32 Å². The summed E-state index contributed by atoms with van der Waals surface area (Å²) in [6, 6.07) is 6.98. The van der Waals surface area contributed by atoms with Gasteiger partial charge in [0.25, 0.3) is 0 Å². The molecule has 0 atom stereocenters. The number of anilines is 1. The zero-order valence-corrected chi connectivity index (χ0v) is 12.8. The fraction of sp³-hybridized carbons (Fsp3) is 0.333. The number of urea groups is 1. The molecule has 1 heterocycles. The van der Waals surface area contributed by atoms with E-state index < -0.39 is 0 Å². The molecule has 118 valence electrons. The molecule has 0 aliphatic heterocycles. The Bertz CT molecular complexity index is 639. The largest absolute Gasteiger partial charge is 0.493 e. The van der Waals surface area contributed by atoms with E-state index in [1.54, 1.807) is 27.2 Å². The monoisotopic (exact) mass is 305 g/mol. The highest BCUT2D eigenvalue weighted by atomic mass is 16.5. The summed E-state index contributed by atoms with van der Waals surface area (Å²) in [7, 11) is 3.18. The Hall–Kier alpha value is -2.70. The minimum atomic E-state index is -0.325. The van der Waals surface area contributed by atoms with E-state index in [2.05, 4.69) is 15.8 Å². The van der Waals surface area contributed by atoms with Crippen molar-refractivity contribution in [3.8, 4) is 11.5 Å². The SMILES string of the molecule is COc1ccc(CCNC(=O)Nc2cc(C)on2)cc1OC. The summed E-state index contributed by atoms with van der Waals surface area (Å²) >= 11 is 0. The first kappa shape index (κ1) is 15.7. The fourth-order valence-corrected chi connectivity index (χ4v) is 1.94. The van der Waals surface area contributed by atoms with Crippen molar-refractivity contribution in [2.75, 3.05) is 26.1 Å². The maximum Gasteiger partial charge on any atom is 0.320 e. The number of nitrogens with one attached hydrogen (secondary N) is 2. The molecule has 0 saturated heterocycles. The third-order valence-electron chi connectivity index (χ3n) is 3.02. The number of methoxy groups -OCH3 is 2. The zero-order valence-electron chi connectivity index (χ0n) is 12.8. The quantitative estimate of drug-likeness (QED) is 0.855. The lowest BCUT2D eigenvalue weighted by atomic mass is 10.1. The first-order chi connectivity index (χ1) is 10.6. The van der Waals surface area contributed by atoms with Gasteiger partial charge in [0.05, 0.1) is 14.2 Å². The van der Waals surface area contributed by atoms with E-state index in [0.717, 1.165) is 5.56 Å². The average Bonchev–Trinajstić information content (AvgIpc) is 2.92. The van der Waals surface area contributed by atoms with Gasteiger partial charge in [-0.15, -0.1) is 0 Å². The first-order valence-electron chi connectivity index (χ1n) is 6.81. The number of rotatable bonds is 6. The molecule has 0 fully saturated rings. The highest BCUT2D eigenvalue weighted by Gasteiger charge is 2.07. The maximum absolute atomic E-state index is 11.7. The molecule has 0 unspecified atom stereocenters. The Kier molecular flexibility index (Phi) is 5.24. The Morgan fingerprint density at radius 2 is 2.00 bits per heavy atom. The van der Waals surface area contributed by atoms with E-state index in [0.29, 0.717) is 36.0 Å². The molecule has 0 saturated carbocycles. The van der Waals surface area contributed by atoms with E-state index in [4.69, 9.17) is 14.0 Å². The molecule has 22 heavy (non-hydrogen) atoms. The maximum atomic E-state index is 11.7. The van der Waals surface area contributed by atoms with E-state index in [9.17, 15) is 4.79 Å². The summed E-state index contributed by atoms with van der Waals surface area (Å²) in [5.41, 5.74) is 1.04. The summed E-state index contributed by atoms with van der Waals surface area (Å²) in [6.45, 7) is 2.24. The lowest BCUT2D eigenvalue weighted by molar-refractivity contribution is 0.252. The van der Waals surface area contributed by atoms with Gasteiger partial charge in [0.1, 0.15) is 5.76 Å². The van der Waals surface area contributed by atoms with Gasteiger partial charge < -0.3 is 19.3 Å². The number of benzene rings is 1. The third kappa shape index (κ3) is 4.15. The lowest BCUT2D eigenvalue weighted by Gasteiger charge is -2.10. The van der Waals surface area contributed by atoms with Crippen LogP contribution >= 0.6 is 0 Å². The van der Waals surface area contributed by atoms with Crippen molar-refractivity contribution in [3.05, 3.63) is 35.6 Å².